The molecule has 7 heteroatoms. The van der Waals surface area contributed by atoms with Crippen molar-refractivity contribution < 1.29 is 24.2 Å². The Morgan fingerprint density at radius 3 is 2.38 bits per heavy atom. The maximum atomic E-state index is 11.3. The molecule has 2 N–H and O–H groups in total. The van der Waals surface area contributed by atoms with Crippen LogP contribution < -0.4 is 0 Å². The molecule has 0 spiro atoms. The summed E-state index contributed by atoms with van der Waals surface area (Å²) < 4.78 is 12.0. The minimum Gasteiger partial charge on any atom is -0.465 e. The average molecular weight is 319 g/mol. The van der Waals surface area contributed by atoms with Gasteiger partial charge in [0.2, 0.25) is 0 Å². The van der Waals surface area contributed by atoms with Gasteiger partial charge in [-0.25, -0.2) is 4.79 Å². The molecule has 21 heavy (non-hydrogen) atoms. The van der Waals surface area contributed by atoms with Gasteiger partial charge in [-0.05, 0) is 18.1 Å². The summed E-state index contributed by atoms with van der Waals surface area (Å²) in [6.07, 6.45) is -0.950. The fourth-order valence-electron chi connectivity index (χ4n) is 2.41. The number of aliphatic hydroxyl groups excluding tert-OH is 1. The van der Waals surface area contributed by atoms with Gasteiger partial charge in [-0.15, -0.1) is 0 Å². The molecule has 0 unspecified atom stereocenters. The minimum atomic E-state index is -2.05. The van der Waals surface area contributed by atoms with Crippen LogP contribution in [-0.4, -0.2) is 68.0 Å². The fraction of sp³-hybridized carbons (Fsp3) is 0.929. The molecular formula is C14H29NO5Si. The molecule has 2 atom stereocenters. The molecule has 0 aromatic rings. The highest BCUT2D eigenvalue weighted by Crippen LogP contribution is 2.41. The lowest BCUT2D eigenvalue weighted by molar-refractivity contribution is -0.0793. The summed E-state index contributed by atoms with van der Waals surface area (Å²) in [7, 11) is -0.491. The van der Waals surface area contributed by atoms with Gasteiger partial charge < -0.3 is 24.3 Å². The largest absolute Gasteiger partial charge is 0.465 e. The van der Waals surface area contributed by atoms with Crippen molar-refractivity contribution in [3.8, 4) is 0 Å². The highest BCUT2D eigenvalue weighted by atomic mass is 28.4. The summed E-state index contributed by atoms with van der Waals surface area (Å²) in [4.78, 5) is 12.6. The Morgan fingerprint density at radius 2 is 2.00 bits per heavy atom. The van der Waals surface area contributed by atoms with Crippen molar-refractivity contribution in [3.63, 3.8) is 0 Å². The first kappa shape index (κ1) is 18.4. The van der Waals surface area contributed by atoms with Crippen LogP contribution in [0, 0.1) is 0 Å². The molecule has 1 rings (SSSR count). The van der Waals surface area contributed by atoms with E-state index in [1.807, 2.05) is 0 Å². The Bertz CT molecular complexity index is 382. The van der Waals surface area contributed by atoms with Crippen molar-refractivity contribution >= 4 is 14.4 Å². The Labute approximate surface area is 128 Å². The van der Waals surface area contributed by atoms with Crippen molar-refractivity contribution in [1.82, 2.24) is 4.90 Å². The summed E-state index contributed by atoms with van der Waals surface area (Å²) in [6.45, 7) is 11.2. The van der Waals surface area contributed by atoms with Gasteiger partial charge in [0.05, 0.1) is 19.2 Å². The molecular weight excluding hydrogens is 290 g/mol. The minimum absolute atomic E-state index is 0.0301. The SMILES string of the molecule is CO[C@]1(CCO)CN(C(=O)O)C[C@@H]1O[Si](C)(C)C(C)(C)C. The van der Waals surface area contributed by atoms with Crippen LogP contribution in [0.1, 0.15) is 27.2 Å². The Balaban J connectivity index is 3.03. The number of hydrogen-bond acceptors (Lipinski definition) is 4. The summed E-state index contributed by atoms with van der Waals surface area (Å²) in [5.74, 6) is 0. The van der Waals surface area contributed by atoms with Crippen molar-refractivity contribution in [2.75, 3.05) is 26.8 Å². The topological polar surface area (TPSA) is 79.2 Å². The second kappa shape index (κ2) is 6.24. The lowest BCUT2D eigenvalue weighted by Gasteiger charge is -2.42. The molecule has 1 saturated heterocycles. The van der Waals surface area contributed by atoms with Gasteiger partial charge >= 0.3 is 6.09 Å². The van der Waals surface area contributed by atoms with E-state index < -0.39 is 20.0 Å². The number of hydrogen-bond donors (Lipinski definition) is 2. The first-order valence-electron chi connectivity index (χ1n) is 7.31. The monoisotopic (exact) mass is 319 g/mol. The Morgan fingerprint density at radius 1 is 1.43 bits per heavy atom. The smallest absolute Gasteiger partial charge is 0.407 e. The Kier molecular flexibility index (Phi) is 5.47. The first-order valence-corrected chi connectivity index (χ1v) is 10.2. The fourth-order valence-corrected chi connectivity index (χ4v) is 3.76. The van der Waals surface area contributed by atoms with Gasteiger partial charge in [0.25, 0.3) is 0 Å². The molecule has 1 aliphatic rings. The van der Waals surface area contributed by atoms with Crippen LogP contribution in [0.5, 0.6) is 0 Å². The molecule has 0 bridgehead atoms. The zero-order valence-electron chi connectivity index (χ0n) is 14.0. The highest BCUT2D eigenvalue weighted by Gasteiger charge is 2.52. The van der Waals surface area contributed by atoms with E-state index in [4.69, 9.17) is 9.16 Å². The van der Waals surface area contributed by atoms with Crippen molar-refractivity contribution in [2.45, 2.75) is 57.0 Å². The third-order valence-electron chi connectivity index (χ3n) is 4.89. The standard InChI is InChI=1S/C14H29NO5Si/c1-13(2,3)21(5,6)20-11-9-15(12(17)18)10-14(11,19-4)7-8-16/h11,16H,7-10H2,1-6H3,(H,17,18)/t11-,14+/m0/s1. The van der Waals surface area contributed by atoms with E-state index in [1.54, 1.807) is 7.11 Å². The van der Waals surface area contributed by atoms with E-state index in [0.29, 0.717) is 6.42 Å². The second-order valence-electron chi connectivity index (χ2n) is 7.27. The molecule has 124 valence electrons. The zero-order chi connectivity index (χ0) is 16.5. The molecule has 0 aromatic carbocycles. The first-order chi connectivity index (χ1) is 9.49. The molecule has 0 radical (unpaired) electrons. The van der Waals surface area contributed by atoms with Crippen LogP contribution in [0.15, 0.2) is 0 Å². The molecule has 1 fully saturated rings. The van der Waals surface area contributed by atoms with Crippen LogP contribution in [-0.2, 0) is 9.16 Å². The van der Waals surface area contributed by atoms with Gasteiger partial charge in [-0.1, -0.05) is 20.8 Å². The maximum absolute atomic E-state index is 11.3. The van der Waals surface area contributed by atoms with Gasteiger partial charge in [0.15, 0.2) is 8.32 Å². The number of likely N-dealkylation sites (tertiary alicyclic amines) is 1. The second-order valence-corrected chi connectivity index (χ2v) is 12.0. The summed E-state index contributed by atoms with van der Waals surface area (Å²) in [5, 5.41) is 18.6. The molecule has 0 aromatic heterocycles. The summed E-state index contributed by atoms with van der Waals surface area (Å²) >= 11 is 0. The van der Waals surface area contributed by atoms with Crippen molar-refractivity contribution in [2.24, 2.45) is 0 Å². The van der Waals surface area contributed by atoms with E-state index in [-0.39, 0.29) is 30.8 Å². The van der Waals surface area contributed by atoms with E-state index in [2.05, 4.69) is 33.9 Å². The van der Waals surface area contributed by atoms with E-state index >= 15 is 0 Å². The van der Waals surface area contributed by atoms with Gasteiger partial charge in [0, 0.05) is 20.1 Å². The summed E-state index contributed by atoms with van der Waals surface area (Å²) in [6, 6.07) is 0. The third-order valence-corrected chi connectivity index (χ3v) is 9.37. The predicted octanol–water partition coefficient (Wildman–Crippen LogP) is 2.14. The number of ether oxygens (including phenoxy) is 1. The van der Waals surface area contributed by atoms with E-state index in [1.165, 1.54) is 4.90 Å². The molecule has 1 heterocycles. The number of carboxylic acid groups (broad SMARTS) is 1. The number of amides is 1. The van der Waals surface area contributed by atoms with Crippen LogP contribution in [0.25, 0.3) is 0 Å². The van der Waals surface area contributed by atoms with Crippen LogP contribution in [0.4, 0.5) is 4.79 Å². The lowest BCUT2D eigenvalue weighted by Crippen LogP contribution is -2.53. The highest BCUT2D eigenvalue weighted by molar-refractivity contribution is 6.74. The third kappa shape index (κ3) is 3.77. The molecule has 0 aliphatic carbocycles. The van der Waals surface area contributed by atoms with Gasteiger partial charge in [-0.3, -0.25) is 0 Å². The van der Waals surface area contributed by atoms with Gasteiger partial charge in [0.1, 0.15) is 5.60 Å². The van der Waals surface area contributed by atoms with Crippen molar-refractivity contribution in [3.05, 3.63) is 0 Å². The normalized spacial score (nSPS) is 27.2. The molecule has 1 aliphatic heterocycles. The van der Waals surface area contributed by atoms with Crippen molar-refractivity contribution in [1.29, 1.82) is 0 Å². The number of carbonyl (C=O) groups is 1. The quantitative estimate of drug-likeness (QED) is 0.759. The predicted molar refractivity (Wildman–Crippen MR) is 83.1 cm³/mol. The number of aliphatic hydroxyl groups is 1. The number of nitrogens with zero attached hydrogens (tertiary/aromatic N) is 1. The Hall–Kier alpha value is -0.633. The van der Waals surface area contributed by atoms with Crippen LogP contribution >= 0.6 is 0 Å². The lowest BCUT2D eigenvalue weighted by atomic mass is 9.96. The maximum Gasteiger partial charge on any atom is 0.407 e. The number of rotatable bonds is 5. The van der Waals surface area contributed by atoms with Gasteiger partial charge in [-0.2, -0.15) is 0 Å². The summed E-state index contributed by atoms with van der Waals surface area (Å²) in [5.41, 5.74) is -0.761. The van der Waals surface area contributed by atoms with Crippen LogP contribution in [0.2, 0.25) is 18.1 Å². The average Bonchev–Trinajstić information content (AvgIpc) is 2.67. The number of methoxy groups -OCH3 is 1. The van der Waals surface area contributed by atoms with Crippen LogP contribution in [0.3, 0.4) is 0 Å². The van der Waals surface area contributed by atoms with E-state index in [9.17, 15) is 15.0 Å². The molecule has 0 saturated carbocycles. The molecule has 1 amide bonds. The molecule has 6 nitrogen and oxygen atoms in total. The zero-order valence-corrected chi connectivity index (χ0v) is 15.0. The van der Waals surface area contributed by atoms with E-state index in [0.717, 1.165) is 0 Å².